The van der Waals surface area contributed by atoms with E-state index in [0.717, 1.165) is 24.2 Å². The molecule has 2 spiro atoms. The van der Waals surface area contributed by atoms with E-state index in [9.17, 15) is 10.2 Å². The Kier molecular flexibility index (Phi) is 5.36. The Morgan fingerprint density at radius 1 is 0.906 bits per heavy atom. The number of allylic oxidation sites excluding steroid dienone is 2. The first-order chi connectivity index (χ1) is 15.0. The van der Waals surface area contributed by atoms with E-state index in [0.29, 0.717) is 27.6 Å². The van der Waals surface area contributed by atoms with Crippen LogP contribution in [0.25, 0.3) is 0 Å². The molecule has 5 rings (SSSR count). The molecule has 5 aliphatic carbocycles. The van der Waals surface area contributed by atoms with Gasteiger partial charge in [0.05, 0.1) is 12.7 Å². The van der Waals surface area contributed by atoms with Crippen LogP contribution in [0, 0.1) is 50.7 Å². The summed E-state index contributed by atoms with van der Waals surface area (Å²) in [5.41, 5.74) is 3.07. The molecule has 0 radical (unpaired) electrons. The first-order valence-corrected chi connectivity index (χ1v) is 13.9. The Morgan fingerprint density at radius 3 is 2.28 bits per heavy atom. The predicted molar refractivity (Wildman–Crippen MR) is 132 cm³/mol. The second-order valence-corrected chi connectivity index (χ2v) is 14.2. The predicted octanol–water partition coefficient (Wildman–Crippen LogP) is 7.14. The zero-order chi connectivity index (χ0) is 23.2. The molecule has 0 aliphatic heterocycles. The first kappa shape index (κ1) is 23.4. The summed E-state index contributed by atoms with van der Waals surface area (Å²) in [7, 11) is 0. The van der Waals surface area contributed by atoms with Crippen molar-refractivity contribution in [3.05, 3.63) is 11.6 Å². The molecule has 0 aromatic rings. The monoisotopic (exact) mass is 442 g/mol. The van der Waals surface area contributed by atoms with E-state index in [1.165, 1.54) is 69.8 Å². The van der Waals surface area contributed by atoms with Crippen molar-refractivity contribution >= 4 is 0 Å². The van der Waals surface area contributed by atoms with Crippen molar-refractivity contribution in [2.75, 3.05) is 6.61 Å². The molecule has 0 aromatic heterocycles. The van der Waals surface area contributed by atoms with Gasteiger partial charge in [0.2, 0.25) is 0 Å². The summed E-state index contributed by atoms with van der Waals surface area (Å²) in [4.78, 5) is 0. The third-order valence-corrected chi connectivity index (χ3v) is 13.2. The van der Waals surface area contributed by atoms with Crippen LogP contribution in [0.4, 0.5) is 0 Å². The fourth-order valence-corrected chi connectivity index (χ4v) is 11.2. The lowest BCUT2D eigenvalue weighted by atomic mass is 9.41. The minimum atomic E-state index is -0.320. The third kappa shape index (κ3) is 2.72. The molecule has 0 unspecified atom stereocenters. The zero-order valence-corrected chi connectivity index (χ0v) is 21.8. The highest BCUT2D eigenvalue weighted by atomic mass is 16.3. The van der Waals surface area contributed by atoms with Crippen LogP contribution < -0.4 is 0 Å². The zero-order valence-electron chi connectivity index (χ0n) is 21.8. The molecular weight excluding hydrogens is 392 g/mol. The SMILES string of the molecule is CC(C)=CCC[C@@H](C)[C@H]1CC[C@@]2(C)[C@@H]3CC[C@H]4[C@](C)(CO)[C@@H](O)CC[C@@]45C[C@@]35CC[C@]12C. The summed E-state index contributed by atoms with van der Waals surface area (Å²) < 4.78 is 0. The van der Waals surface area contributed by atoms with E-state index in [1.54, 1.807) is 0 Å². The van der Waals surface area contributed by atoms with Crippen LogP contribution in [0.2, 0.25) is 0 Å². The molecule has 5 aliphatic rings. The van der Waals surface area contributed by atoms with Crippen molar-refractivity contribution in [1.82, 2.24) is 0 Å². The van der Waals surface area contributed by atoms with Gasteiger partial charge in [-0.1, -0.05) is 39.3 Å². The van der Waals surface area contributed by atoms with E-state index >= 15 is 0 Å². The van der Waals surface area contributed by atoms with Gasteiger partial charge in [-0.3, -0.25) is 0 Å². The summed E-state index contributed by atoms with van der Waals surface area (Å²) in [5, 5.41) is 21.2. The van der Waals surface area contributed by atoms with Crippen LogP contribution in [0.15, 0.2) is 11.6 Å². The minimum absolute atomic E-state index is 0.154. The summed E-state index contributed by atoms with van der Waals surface area (Å²) in [6.07, 6.45) is 16.4. The molecule has 0 saturated heterocycles. The molecule has 2 N–H and O–H groups in total. The number of aliphatic hydroxyl groups is 2. The second-order valence-electron chi connectivity index (χ2n) is 14.2. The standard InChI is InChI=1S/C30H50O2/c1-20(2)8-7-9-21(3)22-12-14-28(6)24-11-10-23-26(4,19-31)25(32)13-15-29(23)18-30(24,29)17-16-27(22,28)5/h8,21-25,31-32H,7,9-19H2,1-6H3/t21-,22-,23+,24+,25+,26+,27-,28+,29-,30+/m1/s1. The van der Waals surface area contributed by atoms with Gasteiger partial charge in [0.15, 0.2) is 0 Å². The van der Waals surface area contributed by atoms with E-state index in [4.69, 9.17) is 0 Å². The van der Waals surface area contributed by atoms with Gasteiger partial charge in [-0.2, -0.15) is 0 Å². The topological polar surface area (TPSA) is 40.5 Å². The molecule has 5 saturated carbocycles. The maximum Gasteiger partial charge on any atom is 0.0618 e. The average Bonchev–Trinajstić information content (AvgIpc) is 3.33. The Morgan fingerprint density at radius 2 is 1.59 bits per heavy atom. The molecule has 0 heterocycles. The van der Waals surface area contributed by atoms with Crippen LogP contribution in [-0.2, 0) is 0 Å². The normalized spacial score (nSPS) is 54.6. The molecule has 0 bridgehead atoms. The van der Waals surface area contributed by atoms with Gasteiger partial charge in [-0.05, 0) is 130 Å². The average molecular weight is 443 g/mol. The van der Waals surface area contributed by atoms with E-state index in [1.807, 2.05) is 0 Å². The molecule has 2 heteroatoms. The molecule has 5 fully saturated rings. The van der Waals surface area contributed by atoms with Crippen molar-refractivity contribution in [3.63, 3.8) is 0 Å². The van der Waals surface area contributed by atoms with Gasteiger partial charge >= 0.3 is 0 Å². The molecule has 10 atom stereocenters. The molecule has 2 nitrogen and oxygen atoms in total. The quantitative estimate of drug-likeness (QED) is 0.444. The Hall–Kier alpha value is -0.340. The summed E-state index contributed by atoms with van der Waals surface area (Å²) in [6, 6.07) is 0. The number of hydrogen-bond acceptors (Lipinski definition) is 2. The molecule has 32 heavy (non-hydrogen) atoms. The summed E-state index contributed by atoms with van der Waals surface area (Å²) in [5.74, 6) is 3.07. The highest BCUT2D eigenvalue weighted by Gasteiger charge is 2.82. The van der Waals surface area contributed by atoms with Crippen molar-refractivity contribution in [2.24, 2.45) is 50.7 Å². The molecular formula is C30H50O2. The van der Waals surface area contributed by atoms with Crippen LogP contribution >= 0.6 is 0 Å². The van der Waals surface area contributed by atoms with Gasteiger partial charge in [0.1, 0.15) is 0 Å². The van der Waals surface area contributed by atoms with Crippen molar-refractivity contribution < 1.29 is 10.2 Å². The van der Waals surface area contributed by atoms with Crippen molar-refractivity contribution in [1.29, 1.82) is 0 Å². The van der Waals surface area contributed by atoms with Crippen LogP contribution in [-0.4, -0.2) is 22.9 Å². The van der Waals surface area contributed by atoms with E-state index in [2.05, 4.69) is 47.6 Å². The van der Waals surface area contributed by atoms with Gasteiger partial charge in [-0.25, -0.2) is 0 Å². The van der Waals surface area contributed by atoms with Crippen molar-refractivity contribution in [2.45, 2.75) is 118 Å². The third-order valence-electron chi connectivity index (χ3n) is 13.2. The van der Waals surface area contributed by atoms with Gasteiger partial charge in [0.25, 0.3) is 0 Å². The van der Waals surface area contributed by atoms with Gasteiger partial charge in [0, 0.05) is 5.41 Å². The maximum atomic E-state index is 10.9. The van der Waals surface area contributed by atoms with E-state index < -0.39 is 0 Å². The fraction of sp³-hybridized carbons (Fsp3) is 0.933. The van der Waals surface area contributed by atoms with E-state index in [-0.39, 0.29) is 18.1 Å². The first-order valence-electron chi connectivity index (χ1n) is 13.9. The minimum Gasteiger partial charge on any atom is -0.396 e. The molecule has 0 aromatic carbocycles. The Bertz CT molecular complexity index is 784. The summed E-state index contributed by atoms with van der Waals surface area (Å²) >= 11 is 0. The number of hydrogen-bond donors (Lipinski definition) is 2. The van der Waals surface area contributed by atoms with Crippen molar-refractivity contribution in [3.8, 4) is 0 Å². The highest BCUT2D eigenvalue weighted by molar-refractivity contribution is 5.30. The summed E-state index contributed by atoms with van der Waals surface area (Å²) in [6.45, 7) is 14.8. The van der Waals surface area contributed by atoms with Crippen LogP contribution in [0.3, 0.4) is 0 Å². The maximum absolute atomic E-state index is 10.9. The smallest absolute Gasteiger partial charge is 0.0618 e. The Balaban J connectivity index is 1.41. The number of aliphatic hydroxyl groups excluding tert-OH is 2. The largest absolute Gasteiger partial charge is 0.396 e. The second kappa shape index (κ2) is 7.33. The van der Waals surface area contributed by atoms with Gasteiger partial charge < -0.3 is 10.2 Å². The fourth-order valence-electron chi connectivity index (χ4n) is 11.2. The number of rotatable bonds is 5. The molecule has 0 amide bonds. The Labute approximate surface area is 197 Å². The highest BCUT2D eigenvalue weighted by Crippen LogP contribution is 2.89. The van der Waals surface area contributed by atoms with Crippen LogP contribution in [0.1, 0.15) is 112 Å². The lowest BCUT2D eigenvalue weighted by Gasteiger charge is -2.63. The number of fused-ring (bicyclic) bond motifs is 2. The molecule has 182 valence electrons. The van der Waals surface area contributed by atoms with Crippen LogP contribution in [0.5, 0.6) is 0 Å². The van der Waals surface area contributed by atoms with Gasteiger partial charge in [-0.15, -0.1) is 0 Å². The lowest BCUT2D eigenvalue weighted by Crippen LogP contribution is -2.59. The lowest BCUT2D eigenvalue weighted by molar-refractivity contribution is -0.174.